The third-order valence-corrected chi connectivity index (χ3v) is 8.34. The van der Waals surface area contributed by atoms with E-state index in [0.717, 1.165) is 6.42 Å². The van der Waals surface area contributed by atoms with Crippen molar-refractivity contribution in [1.82, 2.24) is 9.21 Å². The quantitative estimate of drug-likeness (QED) is 0.697. The number of hydrogen-bond acceptors (Lipinski definition) is 6. The predicted molar refractivity (Wildman–Crippen MR) is 114 cm³/mol. The van der Waals surface area contributed by atoms with E-state index in [2.05, 4.69) is 13.8 Å². The largest absolute Gasteiger partial charge is 0.495 e. The third-order valence-electron chi connectivity index (χ3n) is 6.49. The number of likely N-dealkylation sites (tertiary alicyclic amines) is 1. The van der Waals surface area contributed by atoms with E-state index < -0.39 is 15.8 Å². The minimum absolute atomic E-state index is 0.0538. The van der Waals surface area contributed by atoms with Crippen LogP contribution in [0, 0.1) is 11.8 Å². The molecule has 1 aromatic carbocycles. The minimum atomic E-state index is -3.78. The van der Waals surface area contributed by atoms with Crippen molar-refractivity contribution in [2.75, 3.05) is 46.5 Å². The Hall–Kier alpha value is -1.68. The van der Waals surface area contributed by atoms with E-state index in [-0.39, 0.29) is 28.4 Å². The van der Waals surface area contributed by atoms with E-state index in [1.807, 2.05) is 0 Å². The molecular weight excluding hydrogens is 420 g/mol. The third kappa shape index (κ3) is 4.46. The average molecular weight is 453 g/mol. The molecule has 0 saturated carbocycles. The van der Waals surface area contributed by atoms with Crippen molar-refractivity contribution in [3.8, 4) is 5.75 Å². The van der Waals surface area contributed by atoms with Crippen molar-refractivity contribution < 1.29 is 27.4 Å². The summed E-state index contributed by atoms with van der Waals surface area (Å²) in [5.74, 6) is 0.0810. The van der Waals surface area contributed by atoms with Gasteiger partial charge in [-0.15, -0.1) is 0 Å². The van der Waals surface area contributed by atoms with E-state index >= 15 is 0 Å². The summed E-state index contributed by atoms with van der Waals surface area (Å²) in [5.41, 5.74) is 0.349. The summed E-state index contributed by atoms with van der Waals surface area (Å²) in [6.45, 7) is 7.27. The Morgan fingerprint density at radius 2 is 1.71 bits per heavy atom. The molecule has 4 rings (SSSR count). The van der Waals surface area contributed by atoms with Gasteiger partial charge in [0.05, 0.1) is 20.3 Å². The first-order chi connectivity index (χ1) is 14.7. The van der Waals surface area contributed by atoms with Gasteiger partial charge in [-0.25, -0.2) is 8.42 Å². The molecule has 2 unspecified atom stereocenters. The Balaban J connectivity index is 1.56. The van der Waals surface area contributed by atoms with E-state index in [1.54, 1.807) is 17.0 Å². The van der Waals surface area contributed by atoms with Crippen LogP contribution >= 0.6 is 0 Å². The second-order valence-electron chi connectivity index (χ2n) is 9.03. The van der Waals surface area contributed by atoms with Crippen LogP contribution in [-0.4, -0.2) is 75.8 Å². The maximum Gasteiger partial charge on any atom is 0.253 e. The maximum absolute atomic E-state index is 13.5. The molecule has 3 aliphatic rings. The Morgan fingerprint density at radius 1 is 1.10 bits per heavy atom. The molecule has 0 radical (unpaired) electrons. The first-order valence-corrected chi connectivity index (χ1v) is 12.4. The Bertz CT molecular complexity index is 908. The first-order valence-electron chi connectivity index (χ1n) is 11.0. The number of methoxy groups -OCH3 is 1. The Morgan fingerprint density at radius 3 is 2.29 bits per heavy atom. The highest BCUT2D eigenvalue weighted by molar-refractivity contribution is 7.89. The Labute approximate surface area is 184 Å². The predicted octanol–water partition coefficient (Wildman–Crippen LogP) is 2.34. The van der Waals surface area contributed by atoms with Crippen LogP contribution < -0.4 is 4.74 Å². The minimum Gasteiger partial charge on any atom is -0.495 e. The summed E-state index contributed by atoms with van der Waals surface area (Å²) < 4.78 is 45.3. The molecule has 0 N–H and O–H groups in total. The number of carbonyl (C=O) groups excluding carboxylic acids is 1. The second-order valence-corrected chi connectivity index (χ2v) is 10.9. The van der Waals surface area contributed by atoms with Gasteiger partial charge < -0.3 is 19.1 Å². The summed E-state index contributed by atoms with van der Waals surface area (Å²) in [6.07, 6.45) is 2.23. The zero-order valence-electron chi connectivity index (χ0n) is 18.5. The maximum atomic E-state index is 13.5. The monoisotopic (exact) mass is 452 g/mol. The van der Waals surface area contributed by atoms with Crippen molar-refractivity contribution in [1.29, 1.82) is 0 Å². The summed E-state index contributed by atoms with van der Waals surface area (Å²) in [6, 6.07) is 4.67. The average Bonchev–Trinajstić information content (AvgIpc) is 3.20. The fourth-order valence-corrected chi connectivity index (χ4v) is 6.83. The van der Waals surface area contributed by atoms with Crippen molar-refractivity contribution in [2.24, 2.45) is 11.8 Å². The molecule has 1 aromatic rings. The number of carbonyl (C=O) groups is 1. The van der Waals surface area contributed by atoms with Gasteiger partial charge in [0, 0.05) is 44.6 Å². The lowest BCUT2D eigenvalue weighted by atomic mass is 9.94. The Kier molecular flexibility index (Phi) is 6.31. The lowest BCUT2D eigenvalue weighted by Crippen LogP contribution is -2.47. The number of piperidine rings is 2. The highest BCUT2D eigenvalue weighted by Gasteiger charge is 2.41. The van der Waals surface area contributed by atoms with E-state index in [4.69, 9.17) is 14.2 Å². The molecule has 2 atom stereocenters. The van der Waals surface area contributed by atoms with Crippen LogP contribution in [0.15, 0.2) is 23.1 Å². The van der Waals surface area contributed by atoms with Gasteiger partial charge in [-0.2, -0.15) is 4.31 Å². The van der Waals surface area contributed by atoms with Gasteiger partial charge in [-0.05, 0) is 36.5 Å². The highest BCUT2D eigenvalue weighted by Crippen LogP contribution is 2.34. The van der Waals surface area contributed by atoms with Crippen molar-refractivity contribution in [2.45, 2.75) is 43.8 Å². The molecule has 0 aromatic heterocycles. The standard InChI is InChI=1S/C22H32N2O6S/c1-16-12-17(2)15-24(14-16)31(26,27)20-13-18(4-5-19(20)28-3)21(25)23-8-6-22(7-9-23)29-10-11-30-22/h4-5,13,16-17H,6-12,14-15H2,1-3H3. The molecule has 0 bridgehead atoms. The second kappa shape index (κ2) is 8.69. The number of nitrogens with zero attached hydrogens (tertiary/aromatic N) is 2. The smallest absolute Gasteiger partial charge is 0.253 e. The van der Waals surface area contributed by atoms with Gasteiger partial charge in [0.2, 0.25) is 10.0 Å². The number of hydrogen-bond donors (Lipinski definition) is 0. The molecule has 0 aliphatic carbocycles. The molecule has 172 valence electrons. The zero-order valence-corrected chi connectivity index (χ0v) is 19.3. The number of sulfonamides is 1. The van der Waals surface area contributed by atoms with Crippen LogP contribution in [0.3, 0.4) is 0 Å². The molecule has 3 heterocycles. The molecule has 1 spiro atoms. The van der Waals surface area contributed by atoms with Crippen LogP contribution in [0.2, 0.25) is 0 Å². The molecule has 31 heavy (non-hydrogen) atoms. The van der Waals surface area contributed by atoms with Gasteiger partial charge in [0.25, 0.3) is 5.91 Å². The van der Waals surface area contributed by atoms with Crippen molar-refractivity contribution in [3.63, 3.8) is 0 Å². The molecule has 8 nitrogen and oxygen atoms in total. The first kappa shape index (κ1) is 22.5. The lowest BCUT2D eigenvalue weighted by molar-refractivity contribution is -0.181. The number of rotatable bonds is 4. The van der Waals surface area contributed by atoms with Crippen molar-refractivity contribution >= 4 is 15.9 Å². The number of amides is 1. The number of benzene rings is 1. The molecule has 1 amide bonds. The summed E-state index contributed by atoms with van der Waals surface area (Å²) in [5, 5.41) is 0. The van der Waals surface area contributed by atoms with Gasteiger partial charge in [0.15, 0.2) is 5.79 Å². The van der Waals surface area contributed by atoms with Crippen LogP contribution in [0.25, 0.3) is 0 Å². The topological polar surface area (TPSA) is 85.4 Å². The van der Waals surface area contributed by atoms with Crippen molar-refractivity contribution in [3.05, 3.63) is 23.8 Å². The fourth-order valence-electron chi connectivity index (χ4n) is 4.97. The molecule has 3 aliphatic heterocycles. The lowest BCUT2D eigenvalue weighted by Gasteiger charge is -2.37. The summed E-state index contributed by atoms with van der Waals surface area (Å²) in [4.78, 5) is 14.9. The SMILES string of the molecule is COc1ccc(C(=O)N2CCC3(CC2)OCCO3)cc1S(=O)(=O)N1CC(C)CC(C)C1. The molecular formula is C22H32N2O6S. The number of ether oxygens (including phenoxy) is 3. The van der Waals surface area contributed by atoms with Crippen LogP contribution in [0.5, 0.6) is 5.75 Å². The van der Waals surface area contributed by atoms with Crippen LogP contribution in [-0.2, 0) is 19.5 Å². The van der Waals surface area contributed by atoms with E-state index in [1.165, 1.54) is 17.5 Å². The van der Waals surface area contributed by atoms with Gasteiger partial charge in [-0.3, -0.25) is 4.79 Å². The van der Waals surface area contributed by atoms with Gasteiger partial charge in [-0.1, -0.05) is 13.8 Å². The highest BCUT2D eigenvalue weighted by atomic mass is 32.2. The summed E-state index contributed by atoms with van der Waals surface area (Å²) >= 11 is 0. The van der Waals surface area contributed by atoms with E-state index in [0.29, 0.717) is 57.8 Å². The molecule has 3 fully saturated rings. The normalized spacial score (nSPS) is 26.9. The summed E-state index contributed by atoms with van der Waals surface area (Å²) in [7, 11) is -2.33. The zero-order chi connectivity index (χ0) is 22.2. The van der Waals surface area contributed by atoms with Crippen LogP contribution in [0.4, 0.5) is 0 Å². The molecule has 3 saturated heterocycles. The molecule has 9 heteroatoms. The van der Waals surface area contributed by atoms with Crippen LogP contribution in [0.1, 0.15) is 43.5 Å². The van der Waals surface area contributed by atoms with E-state index in [9.17, 15) is 13.2 Å². The van der Waals surface area contributed by atoms with Gasteiger partial charge in [0.1, 0.15) is 10.6 Å². The van der Waals surface area contributed by atoms with Gasteiger partial charge >= 0.3 is 0 Å². The fraction of sp³-hybridized carbons (Fsp3) is 0.682.